The quantitative estimate of drug-likeness (QED) is 0.441. The molecule has 0 aliphatic heterocycles. The van der Waals surface area contributed by atoms with Crippen molar-refractivity contribution in [3.05, 3.63) is 58.7 Å². The van der Waals surface area contributed by atoms with Crippen molar-refractivity contribution >= 4 is 23.5 Å². The van der Waals surface area contributed by atoms with Gasteiger partial charge in [-0.2, -0.15) is 5.10 Å². The van der Waals surface area contributed by atoms with Crippen LogP contribution in [0.3, 0.4) is 0 Å². The Kier molecular flexibility index (Phi) is 7.41. The van der Waals surface area contributed by atoms with Crippen LogP contribution in [0.15, 0.2) is 41.5 Å². The molecule has 26 heavy (non-hydrogen) atoms. The fraction of sp³-hybridized carbons (Fsp3) is 0.300. The third-order valence-electron chi connectivity index (χ3n) is 3.58. The maximum Gasteiger partial charge on any atom is 0.186 e. The first-order valence-corrected chi connectivity index (χ1v) is 8.87. The standard InChI is InChI=1S/C20H25N3O2S/c1-5-21-20(26)23-22-12-16-6-7-18(19(11-16)24-4)25-13-17-9-14(2)8-15(3)10-17/h6-12H,5,13H2,1-4H3,(H2,21,23,26)/b22-12-. The lowest BCUT2D eigenvalue weighted by Gasteiger charge is -2.12. The van der Waals surface area contributed by atoms with E-state index >= 15 is 0 Å². The van der Waals surface area contributed by atoms with E-state index in [0.29, 0.717) is 23.2 Å². The van der Waals surface area contributed by atoms with Crippen molar-refractivity contribution in [3.63, 3.8) is 0 Å². The smallest absolute Gasteiger partial charge is 0.186 e. The minimum atomic E-state index is 0.490. The number of hydrogen-bond acceptors (Lipinski definition) is 4. The van der Waals surface area contributed by atoms with Gasteiger partial charge in [-0.1, -0.05) is 29.3 Å². The van der Waals surface area contributed by atoms with Crippen LogP contribution in [0.2, 0.25) is 0 Å². The summed E-state index contributed by atoms with van der Waals surface area (Å²) in [5.74, 6) is 1.35. The normalized spacial score (nSPS) is 10.6. The average Bonchev–Trinajstić information content (AvgIpc) is 2.60. The highest BCUT2D eigenvalue weighted by Gasteiger charge is 2.06. The van der Waals surface area contributed by atoms with E-state index in [1.165, 1.54) is 11.1 Å². The first-order chi connectivity index (χ1) is 12.5. The predicted molar refractivity (Wildman–Crippen MR) is 110 cm³/mol. The van der Waals surface area contributed by atoms with Crippen LogP contribution < -0.4 is 20.2 Å². The van der Waals surface area contributed by atoms with E-state index < -0.39 is 0 Å². The second-order valence-electron chi connectivity index (χ2n) is 5.92. The molecule has 138 valence electrons. The Morgan fingerprint density at radius 2 is 1.85 bits per heavy atom. The van der Waals surface area contributed by atoms with Gasteiger partial charge in [0.25, 0.3) is 0 Å². The van der Waals surface area contributed by atoms with Crippen molar-refractivity contribution in [1.29, 1.82) is 0 Å². The highest BCUT2D eigenvalue weighted by molar-refractivity contribution is 7.80. The summed E-state index contributed by atoms with van der Waals surface area (Å²) >= 11 is 5.06. The van der Waals surface area contributed by atoms with Gasteiger partial charge in [0.1, 0.15) is 6.61 Å². The molecule has 6 heteroatoms. The van der Waals surface area contributed by atoms with Gasteiger partial charge in [-0.15, -0.1) is 0 Å². The number of hydrogen-bond donors (Lipinski definition) is 2. The zero-order valence-electron chi connectivity index (χ0n) is 15.6. The minimum Gasteiger partial charge on any atom is -0.493 e. The SMILES string of the molecule is CCNC(=S)N/N=C\c1ccc(OCc2cc(C)cc(C)c2)c(OC)c1. The summed E-state index contributed by atoms with van der Waals surface area (Å²) in [6.07, 6.45) is 1.68. The van der Waals surface area contributed by atoms with Crippen molar-refractivity contribution in [3.8, 4) is 11.5 Å². The van der Waals surface area contributed by atoms with Crippen LogP contribution in [0.1, 0.15) is 29.2 Å². The van der Waals surface area contributed by atoms with Gasteiger partial charge in [0.2, 0.25) is 0 Å². The number of rotatable bonds is 7. The van der Waals surface area contributed by atoms with Crippen LogP contribution in [0.25, 0.3) is 0 Å². The first kappa shape index (κ1) is 19.7. The molecule has 0 bridgehead atoms. The third kappa shape index (κ3) is 6.04. The molecule has 2 N–H and O–H groups in total. The molecular formula is C20H25N3O2S. The molecule has 0 spiro atoms. The fourth-order valence-electron chi connectivity index (χ4n) is 2.56. The van der Waals surface area contributed by atoms with Crippen molar-refractivity contribution in [2.45, 2.75) is 27.4 Å². The molecule has 0 amide bonds. The number of nitrogens with one attached hydrogen (secondary N) is 2. The zero-order valence-corrected chi connectivity index (χ0v) is 16.4. The Bertz CT molecular complexity index is 770. The Labute approximate surface area is 160 Å². The van der Waals surface area contributed by atoms with E-state index in [1.54, 1.807) is 13.3 Å². The van der Waals surface area contributed by atoms with Crippen LogP contribution in [0, 0.1) is 13.8 Å². The lowest BCUT2D eigenvalue weighted by atomic mass is 10.1. The monoisotopic (exact) mass is 371 g/mol. The van der Waals surface area contributed by atoms with E-state index in [2.05, 4.69) is 47.9 Å². The molecule has 0 saturated heterocycles. The molecule has 0 atom stereocenters. The van der Waals surface area contributed by atoms with E-state index in [4.69, 9.17) is 21.7 Å². The van der Waals surface area contributed by atoms with Gasteiger partial charge >= 0.3 is 0 Å². The third-order valence-corrected chi connectivity index (χ3v) is 3.82. The number of thiocarbonyl (C=S) groups is 1. The summed E-state index contributed by atoms with van der Waals surface area (Å²) in [7, 11) is 1.62. The Morgan fingerprint density at radius 1 is 1.12 bits per heavy atom. The molecule has 0 fully saturated rings. The Balaban J connectivity index is 2.03. The fourth-order valence-corrected chi connectivity index (χ4v) is 2.76. The second kappa shape index (κ2) is 9.77. The summed E-state index contributed by atoms with van der Waals surface area (Å²) in [6, 6.07) is 12.1. The van der Waals surface area contributed by atoms with E-state index in [0.717, 1.165) is 17.7 Å². The van der Waals surface area contributed by atoms with Crippen LogP contribution in [0.5, 0.6) is 11.5 Å². The largest absolute Gasteiger partial charge is 0.493 e. The highest BCUT2D eigenvalue weighted by atomic mass is 32.1. The molecule has 0 aliphatic rings. The van der Waals surface area contributed by atoms with Gasteiger partial charge in [-0.3, -0.25) is 5.43 Å². The van der Waals surface area contributed by atoms with Crippen LogP contribution in [0.4, 0.5) is 0 Å². The van der Waals surface area contributed by atoms with Crippen molar-refractivity contribution in [2.75, 3.05) is 13.7 Å². The minimum absolute atomic E-state index is 0.490. The van der Waals surface area contributed by atoms with Gasteiger partial charge < -0.3 is 14.8 Å². The number of ether oxygens (including phenoxy) is 2. The van der Waals surface area contributed by atoms with Crippen molar-refractivity contribution in [1.82, 2.24) is 10.7 Å². The maximum absolute atomic E-state index is 5.94. The number of nitrogens with zero attached hydrogens (tertiary/aromatic N) is 1. The average molecular weight is 372 g/mol. The summed E-state index contributed by atoms with van der Waals surface area (Å²) in [5.41, 5.74) is 7.23. The number of methoxy groups -OCH3 is 1. The molecule has 0 heterocycles. The number of benzene rings is 2. The molecule has 0 saturated carbocycles. The van der Waals surface area contributed by atoms with Gasteiger partial charge in [0, 0.05) is 6.54 Å². The van der Waals surface area contributed by atoms with Crippen LogP contribution in [-0.2, 0) is 6.61 Å². The van der Waals surface area contributed by atoms with Crippen molar-refractivity contribution < 1.29 is 9.47 Å². The number of aryl methyl sites for hydroxylation is 2. The second-order valence-corrected chi connectivity index (χ2v) is 6.33. The molecule has 2 rings (SSSR count). The summed E-state index contributed by atoms with van der Waals surface area (Å²) in [6.45, 7) is 7.38. The zero-order chi connectivity index (χ0) is 18.9. The Morgan fingerprint density at radius 3 is 2.50 bits per heavy atom. The van der Waals surface area contributed by atoms with Gasteiger partial charge in [0.15, 0.2) is 16.6 Å². The van der Waals surface area contributed by atoms with Crippen LogP contribution >= 0.6 is 12.2 Å². The molecule has 0 unspecified atom stereocenters. The van der Waals surface area contributed by atoms with E-state index in [9.17, 15) is 0 Å². The first-order valence-electron chi connectivity index (χ1n) is 8.46. The molecule has 2 aromatic carbocycles. The summed E-state index contributed by atoms with van der Waals surface area (Å²) in [4.78, 5) is 0. The molecular weight excluding hydrogens is 346 g/mol. The highest BCUT2D eigenvalue weighted by Crippen LogP contribution is 2.28. The molecule has 0 aliphatic carbocycles. The topological polar surface area (TPSA) is 54.9 Å². The van der Waals surface area contributed by atoms with Gasteiger partial charge in [0.05, 0.1) is 13.3 Å². The lowest BCUT2D eigenvalue weighted by molar-refractivity contribution is 0.284. The molecule has 5 nitrogen and oxygen atoms in total. The predicted octanol–water partition coefficient (Wildman–Crippen LogP) is 3.71. The molecule has 2 aromatic rings. The lowest BCUT2D eigenvalue weighted by Crippen LogP contribution is -2.31. The van der Waals surface area contributed by atoms with Crippen molar-refractivity contribution in [2.24, 2.45) is 5.10 Å². The maximum atomic E-state index is 5.94. The molecule has 0 aromatic heterocycles. The van der Waals surface area contributed by atoms with Crippen LogP contribution in [-0.4, -0.2) is 25.0 Å². The van der Waals surface area contributed by atoms with Gasteiger partial charge in [-0.05, 0) is 62.3 Å². The number of hydrazone groups is 1. The van der Waals surface area contributed by atoms with Gasteiger partial charge in [-0.25, -0.2) is 0 Å². The molecule has 0 radical (unpaired) electrons. The van der Waals surface area contributed by atoms with E-state index in [-0.39, 0.29) is 0 Å². The Hall–Kier alpha value is -2.60. The summed E-state index contributed by atoms with van der Waals surface area (Å²) in [5, 5.41) is 7.56. The van der Waals surface area contributed by atoms with E-state index in [1.807, 2.05) is 25.1 Å². The summed E-state index contributed by atoms with van der Waals surface area (Å²) < 4.78 is 11.4.